The van der Waals surface area contributed by atoms with E-state index in [0.29, 0.717) is 23.6 Å². The monoisotopic (exact) mass is 492 g/mol. The molecule has 1 aromatic carbocycles. The van der Waals surface area contributed by atoms with Gasteiger partial charge in [-0.05, 0) is 57.4 Å². The van der Waals surface area contributed by atoms with Gasteiger partial charge in [-0.1, -0.05) is 0 Å². The molecule has 1 aliphatic carbocycles. The molecule has 2 aromatic rings. The third-order valence-electron chi connectivity index (χ3n) is 7.22. The quantitative estimate of drug-likeness (QED) is 0.535. The number of hydrogen-bond acceptors (Lipinski definition) is 9. The largest absolute Gasteiger partial charge is 0.488 e. The number of anilines is 2. The number of aromatic nitrogens is 2. The van der Waals surface area contributed by atoms with Gasteiger partial charge in [0.25, 0.3) is 0 Å². The first kappa shape index (κ1) is 24.6. The summed E-state index contributed by atoms with van der Waals surface area (Å²) < 4.78 is 17.5. The molecule has 1 N–H and O–H groups in total. The lowest BCUT2D eigenvalue weighted by molar-refractivity contribution is 0.122. The number of nitrogens with one attached hydrogen (secondary N) is 1. The molecule has 0 spiro atoms. The average Bonchev–Trinajstić information content (AvgIpc) is 3.46. The zero-order valence-electron chi connectivity index (χ0n) is 21.1. The minimum absolute atomic E-state index is 0.118. The fraction of sp³-hybridized carbons (Fsp3) is 0.556. The number of benzene rings is 1. The third kappa shape index (κ3) is 5.84. The van der Waals surface area contributed by atoms with Gasteiger partial charge in [0.1, 0.15) is 11.4 Å². The zero-order valence-corrected chi connectivity index (χ0v) is 21.1. The highest BCUT2D eigenvalue weighted by atomic mass is 16.5. The summed E-state index contributed by atoms with van der Waals surface area (Å²) in [5, 5.41) is 3.51. The molecular weight excluding hydrogens is 456 g/mol. The maximum absolute atomic E-state index is 6.53. The second-order valence-corrected chi connectivity index (χ2v) is 9.59. The Morgan fingerprint density at radius 3 is 2.50 bits per heavy atom. The van der Waals surface area contributed by atoms with Crippen LogP contribution in [-0.4, -0.2) is 74.6 Å². The van der Waals surface area contributed by atoms with Crippen molar-refractivity contribution in [3.8, 4) is 5.75 Å². The van der Waals surface area contributed by atoms with Crippen LogP contribution < -0.4 is 15.0 Å². The Balaban J connectivity index is 1.21. The van der Waals surface area contributed by atoms with Crippen LogP contribution in [0.1, 0.15) is 50.5 Å². The molecule has 36 heavy (non-hydrogen) atoms. The fourth-order valence-electron chi connectivity index (χ4n) is 5.18. The van der Waals surface area contributed by atoms with E-state index in [1.165, 1.54) is 0 Å². The molecule has 0 bridgehead atoms. The molecule has 2 saturated heterocycles. The summed E-state index contributed by atoms with van der Waals surface area (Å²) in [5.74, 6) is 1.87. The number of aliphatic imine (C=N–C) groups is 2. The van der Waals surface area contributed by atoms with E-state index in [-0.39, 0.29) is 6.10 Å². The van der Waals surface area contributed by atoms with Crippen LogP contribution in [-0.2, 0) is 9.47 Å². The Morgan fingerprint density at radius 1 is 1.06 bits per heavy atom. The molecule has 1 unspecified atom stereocenters. The minimum atomic E-state index is 0.118. The van der Waals surface area contributed by atoms with Crippen molar-refractivity contribution in [2.45, 2.75) is 57.1 Å². The molecule has 1 aromatic heterocycles. The van der Waals surface area contributed by atoms with Crippen molar-refractivity contribution in [3.05, 3.63) is 30.1 Å². The molecule has 2 aliphatic heterocycles. The van der Waals surface area contributed by atoms with E-state index in [2.05, 4.69) is 49.0 Å². The molecule has 192 valence electrons. The van der Waals surface area contributed by atoms with Gasteiger partial charge in [0.05, 0.1) is 31.6 Å². The van der Waals surface area contributed by atoms with E-state index in [9.17, 15) is 0 Å². The summed E-state index contributed by atoms with van der Waals surface area (Å²) in [7, 11) is 0. The first-order valence-electron chi connectivity index (χ1n) is 13.0. The normalized spacial score (nSPS) is 24.7. The van der Waals surface area contributed by atoms with Gasteiger partial charge in [0, 0.05) is 62.0 Å². The lowest BCUT2D eigenvalue weighted by Crippen LogP contribution is -2.36. The van der Waals surface area contributed by atoms with Gasteiger partial charge in [-0.15, -0.1) is 0 Å². The molecule has 9 nitrogen and oxygen atoms in total. The third-order valence-corrected chi connectivity index (χ3v) is 7.22. The second kappa shape index (κ2) is 11.8. The first-order chi connectivity index (χ1) is 17.7. The number of morpholine rings is 1. The van der Waals surface area contributed by atoms with Gasteiger partial charge in [-0.2, -0.15) is 0 Å². The maximum Gasteiger partial charge on any atom is 0.222 e. The average molecular weight is 493 g/mol. The standard InChI is InChI=1S/C27H36N6O3/c1-3-29-24-14-22(33-9-12-34-13-10-33)15-25(26(24)28-2)36-23-6-4-21(5-7-23)32-27-30-16-20(17-31-27)19-8-11-35-18-19/h3,14-17,19,21,23H,2,4-13,18H2,1H3,(H,30,31,32)/b29-3-/t19?,21-,23+. The minimum Gasteiger partial charge on any atom is -0.488 e. The molecule has 3 aliphatic rings. The highest BCUT2D eigenvalue weighted by Gasteiger charge is 2.25. The van der Waals surface area contributed by atoms with Crippen LogP contribution in [0.15, 0.2) is 34.5 Å². The number of nitrogens with zero attached hydrogens (tertiary/aromatic N) is 5. The van der Waals surface area contributed by atoms with Gasteiger partial charge in [0.15, 0.2) is 0 Å². The Labute approximate surface area is 213 Å². The van der Waals surface area contributed by atoms with Crippen LogP contribution in [0.4, 0.5) is 23.0 Å². The molecule has 9 heteroatoms. The van der Waals surface area contributed by atoms with Crippen LogP contribution in [0, 0.1) is 0 Å². The van der Waals surface area contributed by atoms with Crippen LogP contribution in [0.25, 0.3) is 0 Å². The van der Waals surface area contributed by atoms with Gasteiger partial charge < -0.3 is 24.4 Å². The van der Waals surface area contributed by atoms with Crippen molar-refractivity contribution in [2.24, 2.45) is 9.98 Å². The predicted molar refractivity (Wildman–Crippen MR) is 143 cm³/mol. The summed E-state index contributed by atoms with van der Waals surface area (Å²) in [6.45, 7) is 10.4. The van der Waals surface area contributed by atoms with Gasteiger partial charge in [0.2, 0.25) is 5.95 Å². The Kier molecular flexibility index (Phi) is 8.08. The number of rotatable bonds is 8. The van der Waals surface area contributed by atoms with Gasteiger partial charge in [-0.25, -0.2) is 9.97 Å². The zero-order chi connectivity index (χ0) is 24.7. The van der Waals surface area contributed by atoms with E-state index < -0.39 is 0 Å². The lowest BCUT2D eigenvalue weighted by atomic mass is 9.93. The molecule has 1 atom stereocenters. The van der Waals surface area contributed by atoms with Crippen LogP contribution in [0.2, 0.25) is 0 Å². The van der Waals surface area contributed by atoms with E-state index in [1.807, 2.05) is 19.3 Å². The van der Waals surface area contributed by atoms with E-state index in [4.69, 9.17) is 14.2 Å². The van der Waals surface area contributed by atoms with Crippen molar-refractivity contribution in [1.29, 1.82) is 0 Å². The molecule has 3 heterocycles. The molecule has 0 radical (unpaired) electrons. The van der Waals surface area contributed by atoms with Crippen molar-refractivity contribution in [3.63, 3.8) is 0 Å². The summed E-state index contributed by atoms with van der Waals surface area (Å²) in [5.41, 5.74) is 3.73. The van der Waals surface area contributed by atoms with Crippen LogP contribution >= 0.6 is 0 Å². The lowest BCUT2D eigenvalue weighted by Gasteiger charge is -2.32. The molecule has 5 rings (SSSR count). The molecule has 1 saturated carbocycles. The topological polar surface area (TPSA) is 93.5 Å². The first-order valence-corrected chi connectivity index (χ1v) is 13.0. The van der Waals surface area contributed by atoms with Crippen molar-refractivity contribution in [2.75, 3.05) is 49.7 Å². The highest BCUT2D eigenvalue weighted by molar-refractivity contribution is 5.80. The molecule has 3 fully saturated rings. The molecule has 0 amide bonds. The Hall–Kier alpha value is -3.04. The Bertz CT molecular complexity index is 1040. The number of hydrogen-bond donors (Lipinski definition) is 1. The smallest absolute Gasteiger partial charge is 0.222 e. The van der Waals surface area contributed by atoms with Crippen molar-refractivity contribution < 1.29 is 14.2 Å². The fourth-order valence-corrected chi connectivity index (χ4v) is 5.18. The SMILES string of the molecule is C=Nc1c(/N=C\C)cc(N2CCOCC2)cc1O[C@H]1CC[C@@H](Nc2ncc(C3CCOC3)cn2)CC1. The Morgan fingerprint density at radius 2 is 1.83 bits per heavy atom. The van der Waals surface area contributed by atoms with Crippen molar-refractivity contribution in [1.82, 2.24) is 9.97 Å². The van der Waals surface area contributed by atoms with Gasteiger partial charge in [-0.3, -0.25) is 9.98 Å². The van der Waals surface area contributed by atoms with E-state index in [0.717, 1.165) is 94.3 Å². The van der Waals surface area contributed by atoms with Crippen molar-refractivity contribution >= 4 is 35.9 Å². The maximum atomic E-state index is 6.53. The second-order valence-electron chi connectivity index (χ2n) is 9.59. The van der Waals surface area contributed by atoms with Crippen LogP contribution in [0.5, 0.6) is 5.75 Å². The van der Waals surface area contributed by atoms with Crippen LogP contribution in [0.3, 0.4) is 0 Å². The molecular formula is C27H36N6O3. The summed E-state index contributed by atoms with van der Waals surface area (Å²) >= 11 is 0. The van der Waals surface area contributed by atoms with E-state index >= 15 is 0 Å². The van der Waals surface area contributed by atoms with Gasteiger partial charge >= 0.3 is 0 Å². The highest BCUT2D eigenvalue weighted by Crippen LogP contribution is 2.43. The summed E-state index contributed by atoms with van der Waals surface area (Å²) in [6, 6.07) is 4.48. The van der Waals surface area contributed by atoms with E-state index in [1.54, 1.807) is 6.21 Å². The summed E-state index contributed by atoms with van der Waals surface area (Å²) in [4.78, 5) is 20.2. The number of ether oxygens (including phenoxy) is 3. The predicted octanol–water partition coefficient (Wildman–Crippen LogP) is 4.67. The summed E-state index contributed by atoms with van der Waals surface area (Å²) in [6.07, 6.45) is 10.7.